The van der Waals surface area contributed by atoms with Crippen molar-refractivity contribution in [3.05, 3.63) is 35.4 Å². The zero-order valence-corrected chi connectivity index (χ0v) is 13.0. The van der Waals surface area contributed by atoms with Crippen LogP contribution >= 0.6 is 11.6 Å². The predicted molar refractivity (Wildman–Crippen MR) is 78.7 cm³/mol. The molecule has 6 heteroatoms. The number of ether oxygens (including phenoxy) is 1. The zero-order valence-electron chi connectivity index (χ0n) is 12.2. The molecule has 110 valence electrons. The first-order valence-electron chi connectivity index (χ1n) is 6.32. The van der Waals surface area contributed by atoms with Gasteiger partial charge in [-0.2, -0.15) is 0 Å². The van der Waals surface area contributed by atoms with Crippen molar-refractivity contribution in [1.82, 2.24) is 15.3 Å². The van der Waals surface area contributed by atoms with Gasteiger partial charge in [0, 0.05) is 18.0 Å². The Bertz CT molecular complexity index is 477. The van der Waals surface area contributed by atoms with Gasteiger partial charge >= 0.3 is 6.09 Å². The molecule has 5 nitrogen and oxygen atoms in total. The molecule has 0 aliphatic carbocycles. The van der Waals surface area contributed by atoms with E-state index in [1.807, 2.05) is 20.8 Å². The molecule has 20 heavy (non-hydrogen) atoms. The van der Waals surface area contributed by atoms with Crippen LogP contribution in [0.25, 0.3) is 0 Å². The first-order chi connectivity index (χ1) is 9.21. The summed E-state index contributed by atoms with van der Waals surface area (Å²) in [4.78, 5) is 20.1. The SMILES string of the molecule is C=CCC(OC(=O)NC(C)(C)C)c1cc(Cl)nc(C)n1. The molecule has 1 unspecified atom stereocenters. The van der Waals surface area contributed by atoms with E-state index >= 15 is 0 Å². The second-order valence-electron chi connectivity index (χ2n) is 5.46. The van der Waals surface area contributed by atoms with E-state index < -0.39 is 12.2 Å². The lowest BCUT2D eigenvalue weighted by molar-refractivity contribution is 0.0901. The molecule has 1 atom stereocenters. The Balaban J connectivity index is 2.88. The van der Waals surface area contributed by atoms with Gasteiger partial charge < -0.3 is 10.1 Å². The Morgan fingerprint density at radius 2 is 2.20 bits per heavy atom. The number of hydrogen-bond acceptors (Lipinski definition) is 4. The Kier molecular flexibility index (Phi) is 5.51. The number of aromatic nitrogens is 2. The molecule has 1 aromatic heterocycles. The lowest BCUT2D eigenvalue weighted by Crippen LogP contribution is -2.41. The zero-order chi connectivity index (χ0) is 15.3. The number of hydrogen-bond donors (Lipinski definition) is 1. The number of alkyl carbamates (subject to hydrolysis) is 1. The molecular formula is C14H20ClN3O2. The van der Waals surface area contributed by atoms with Gasteiger partial charge in [-0.05, 0) is 27.7 Å². The Morgan fingerprint density at radius 3 is 2.70 bits per heavy atom. The van der Waals surface area contributed by atoms with Crippen LogP contribution < -0.4 is 5.32 Å². The quantitative estimate of drug-likeness (QED) is 0.681. The van der Waals surface area contributed by atoms with Crippen LogP contribution in [0, 0.1) is 6.92 Å². The first-order valence-corrected chi connectivity index (χ1v) is 6.70. The number of aryl methyl sites for hydroxylation is 1. The minimum Gasteiger partial charge on any atom is -0.439 e. The standard InChI is InChI=1S/C14H20ClN3O2/c1-6-7-11(20-13(19)18-14(3,4)5)10-8-12(15)17-9(2)16-10/h6,8,11H,1,7H2,2-5H3,(H,18,19). The van der Waals surface area contributed by atoms with E-state index in [4.69, 9.17) is 16.3 Å². The maximum Gasteiger partial charge on any atom is 0.408 e. The van der Waals surface area contributed by atoms with Gasteiger partial charge in [0.2, 0.25) is 0 Å². The number of nitrogens with one attached hydrogen (secondary N) is 1. The second kappa shape index (κ2) is 6.70. The maximum atomic E-state index is 11.8. The molecule has 0 aromatic carbocycles. The summed E-state index contributed by atoms with van der Waals surface area (Å²) in [5.41, 5.74) is 0.196. The molecule has 1 amide bonds. The predicted octanol–water partition coefficient (Wildman–Crippen LogP) is 3.58. The van der Waals surface area contributed by atoms with Crippen LogP contribution in [0.5, 0.6) is 0 Å². The molecule has 0 fully saturated rings. The highest BCUT2D eigenvalue weighted by Crippen LogP contribution is 2.22. The smallest absolute Gasteiger partial charge is 0.408 e. The van der Waals surface area contributed by atoms with Crippen molar-refractivity contribution < 1.29 is 9.53 Å². The molecule has 0 bridgehead atoms. The van der Waals surface area contributed by atoms with Crippen LogP contribution in [-0.4, -0.2) is 21.6 Å². The molecule has 1 N–H and O–H groups in total. The molecule has 0 saturated carbocycles. The van der Waals surface area contributed by atoms with E-state index in [0.717, 1.165) is 0 Å². The highest BCUT2D eigenvalue weighted by Gasteiger charge is 2.21. The van der Waals surface area contributed by atoms with Gasteiger partial charge in [0.25, 0.3) is 0 Å². The lowest BCUT2D eigenvalue weighted by Gasteiger charge is -2.23. The van der Waals surface area contributed by atoms with Crippen molar-refractivity contribution >= 4 is 17.7 Å². The highest BCUT2D eigenvalue weighted by molar-refractivity contribution is 6.29. The normalized spacial score (nSPS) is 12.7. The van der Waals surface area contributed by atoms with Gasteiger partial charge in [-0.3, -0.25) is 0 Å². The summed E-state index contributed by atoms with van der Waals surface area (Å²) in [5, 5.41) is 3.06. The van der Waals surface area contributed by atoms with Crippen LogP contribution in [0.15, 0.2) is 18.7 Å². The summed E-state index contributed by atoms with van der Waals surface area (Å²) in [6.07, 6.45) is 1.08. The largest absolute Gasteiger partial charge is 0.439 e. The number of nitrogens with zero attached hydrogens (tertiary/aromatic N) is 2. The van der Waals surface area contributed by atoms with Crippen LogP contribution in [0.3, 0.4) is 0 Å². The van der Waals surface area contributed by atoms with Crippen molar-refractivity contribution in [2.24, 2.45) is 0 Å². The van der Waals surface area contributed by atoms with Crippen LogP contribution in [-0.2, 0) is 4.74 Å². The van der Waals surface area contributed by atoms with Gasteiger partial charge in [0.15, 0.2) is 0 Å². The first kappa shape index (κ1) is 16.4. The third kappa shape index (κ3) is 5.57. The van der Waals surface area contributed by atoms with Crippen LogP contribution in [0.1, 0.15) is 44.8 Å². The molecule has 1 aromatic rings. The van der Waals surface area contributed by atoms with E-state index in [9.17, 15) is 4.79 Å². The Morgan fingerprint density at radius 1 is 1.55 bits per heavy atom. The molecule has 0 saturated heterocycles. The lowest BCUT2D eigenvalue weighted by atomic mass is 10.1. The molecule has 1 rings (SSSR count). The van der Waals surface area contributed by atoms with Crippen molar-refractivity contribution in [2.75, 3.05) is 0 Å². The van der Waals surface area contributed by atoms with E-state index in [2.05, 4.69) is 21.9 Å². The minimum absolute atomic E-state index is 0.321. The molecular weight excluding hydrogens is 278 g/mol. The maximum absolute atomic E-state index is 11.8. The minimum atomic E-state index is -0.533. The molecule has 0 aliphatic heterocycles. The Labute approximate surface area is 124 Å². The summed E-state index contributed by atoms with van der Waals surface area (Å²) in [5.74, 6) is 0.529. The third-order valence-corrected chi connectivity index (χ3v) is 2.46. The molecule has 0 aliphatic rings. The monoisotopic (exact) mass is 297 g/mol. The van der Waals surface area contributed by atoms with Crippen molar-refractivity contribution in [3.63, 3.8) is 0 Å². The van der Waals surface area contributed by atoms with Crippen molar-refractivity contribution in [1.29, 1.82) is 0 Å². The van der Waals surface area contributed by atoms with Crippen LogP contribution in [0.4, 0.5) is 4.79 Å². The summed E-state index contributed by atoms with van der Waals surface area (Å²) >= 11 is 5.90. The van der Waals surface area contributed by atoms with E-state index in [0.29, 0.717) is 23.1 Å². The average molecular weight is 298 g/mol. The van der Waals surface area contributed by atoms with Crippen LogP contribution in [0.2, 0.25) is 5.15 Å². The fourth-order valence-electron chi connectivity index (χ4n) is 1.56. The average Bonchev–Trinajstić information content (AvgIpc) is 2.24. The van der Waals surface area contributed by atoms with Gasteiger partial charge in [0.05, 0.1) is 5.69 Å². The number of halogens is 1. The van der Waals surface area contributed by atoms with Gasteiger partial charge in [0.1, 0.15) is 17.1 Å². The van der Waals surface area contributed by atoms with Gasteiger partial charge in [-0.15, -0.1) is 6.58 Å². The summed E-state index contributed by atoms with van der Waals surface area (Å²) in [6, 6.07) is 1.59. The summed E-state index contributed by atoms with van der Waals surface area (Å²) in [7, 11) is 0. The Hall–Kier alpha value is -1.62. The van der Waals surface area contributed by atoms with E-state index in [1.165, 1.54) is 0 Å². The second-order valence-corrected chi connectivity index (χ2v) is 5.84. The molecule has 1 heterocycles. The van der Waals surface area contributed by atoms with Crippen molar-refractivity contribution in [2.45, 2.75) is 45.8 Å². The molecule has 0 spiro atoms. The fraction of sp³-hybridized carbons (Fsp3) is 0.500. The van der Waals surface area contributed by atoms with Gasteiger partial charge in [-0.25, -0.2) is 14.8 Å². The summed E-state index contributed by atoms with van der Waals surface area (Å²) < 4.78 is 5.39. The fourth-order valence-corrected chi connectivity index (χ4v) is 1.80. The molecule has 0 radical (unpaired) electrons. The van der Waals surface area contributed by atoms with Crippen molar-refractivity contribution in [3.8, 4) is 0 Å². The number of carbonyl (C=O) groups is 1. The number of rotatable bonds is 4. The topological polar surface area (TPSA) is 64.1 Å². The highest BCUT2D eigenvalue weighted by atomic mass is 35.5. The summed E-state index contributed by atoms with van der Waals surface area (Å²) in [6.45, 7) is 11.0. The third-order valence-electron chi connectivity index (χ3n) is 2.26. The van der Waals surface area contributed by atoms with Gasteiger partial charge in [-0.1, -0.05) is 17.7 Å². The number of amides is 1. The van der Waals surface area contributed by atoms with E-state index in [1.54, 1.807) is 19.1 Å². The van der Waals surface area contributed by atoms with E-state index in [-0.39, 0.29) is 5.54 Å². The number of carbonyl (C=O) groups excluding carboxylic acids is 1.